The number of allylic oxidation sites excluding steroid dienone is 5. The van der Waals surface area contributed by atoms with Gasteiger partial charge in [0.25, 0.3) is 0 Å². The zero-order valence-electron chi connectivity index (χ0n) is 18.0. The molecule has 4 aromatic carbocycles. The standard InChI is InChI=1S/C32H26/c1-5-13-27(14-6-1)21-23-30(24-22-28-15-7-2-8-16-28)26-32(31-19-11-4-12-20-31)25-29-17-9-3-10-18-29/h1-26H/b23-21+,24-22+,32-25-. The van der Waals surface area contributed by atoms with Gasteiger partial charge in [-0.2, -0.15) is 0 Å². The van der Waals surface area contributed by atoms with Crippen molar-refractivity contribution in [2.24, 2.45) is 0 Å². The summed E-state index contributed by atoms with van der Waals surface area (Å²) in [5.74, 6) is 0. The second kappa shape index (κ2) is 11.3. The van der Waals surface area contributed by atoms with Gasteiger partial charge < -0.3 is 0 Å². The maximum absolute atomic E-state index is 2.25. The Morgan fingerprint density at radius 1 is 0.438 bits per heavy atom. The van der Waals surface area contributed by atoms with Crippen molar-refractivity contribution in [3.8, 4) is 0 Å². The number of rotatable bonds is 7. The van der Waals surface area contributed by atoms with E-state index in [0.717, 1.165) is 5.57 Å². The van der Waals surface area contributed by atoms with Crippen LogP contribution in [0.1, 0.15) is 22.3 Å². The van der Waals surface area contributed by atoms with Crippen molar-refractivity contribution in [3.05, 3.63) is 167 Å². The summed E-state index contributed by atoms with van der Waals surface area (Å²) >= 11 is 0. The van der Waals surface area contributed by atoms with Crippen LogP contribution in [0.25, 0.3) is 23.8 Å². The van der Waals surface area contributed by atoms with Gasteiger partial charge in [0.05, 0.1) is 0 Å². The first-order valence-electron chi connectivity index (χ1n) is 10.9. The molecule has 0 spiro atoms. The van der Waals surface area contributed by atoms with Gasteiger partial charge in [-0.3, -0.25) is 0 Å². The van der Waals surface area contributed by atoms with Gasteiger partial charge in [0.2, 0.25) is 0 Å². The monoisotopic (exact) mass is 410 g/mol. The van der Waals surface area contributed by atoms with E-state index in [1.165, 1.54) is 27.8 Å². The molecule has 0 nitrogen and oxygen atoms in total. The summed E-state index contributed by atoms with van der Waals surface area (Å²) in [4.78, 5) is 0. The van der Waals surface area contributed by atoms with Crippen LogP contribution in [0.3, 0.4) is 0 Å². The lowest BCUT2D eigenvalue weighted by molar-refractivity contribution is 1.59. The van der Waals surface area contributed by atoms with Crippen molar-refractivity contribution in [2.75, 3.05) is 0 Å². The Kier molecular flexibility index (Phi) is 7.44. The predicted molar refractivity (Wildman–Crippen MR) is 140 cm³/mol. The van der Waals surface area contributed by atoms with Gasteiger partial charge in [0.15, 0.2) is 0 Å². The van der Waals surface area contributed by atoms with E-state index in [9.17, 15) is 0 Å². The van der Waals surface area contributed by atoms with Gasteiger partial charge in [0, 0.05) is 0 Å². The summed E-state index contributed by atoms with van der Waals surface area (Å²) in [5, 5.41) is 0. The van der Waals surface area contributed by atoms with E-state index < -0.39 is 0 Å². The molecule has 154 valence electrons. The Balaban J connectivity index is 1.76. The zero-order valence-corrected chi connectivity index (χ0v) is 18.0. The molecule has 0 aliphatic rings. The Morgan fingerprint density at radius 3 is 1.31 bits per heavy atom. The molecule has 4 rings (SSSR count). The molecule has 0 fully saturated rings. The van der Waals surface area contributed by atoms with Gasteiger partial charge in [0.1, 0.15) is 0 Å². The molecule has 0 bridgehead atoms. The predicted octanol–water partition coefficient (Wildman–Crippen LogP) is 8.58. The largest absolute Gasteiger partial charge is 0.0622 e. The average Bonchev–Trinajstić information content (AvgIpc) is 2.87. The van der Waals surface area contributed by atoms with Crippen LogP contribution in [-0.4, -0.2) is 0 Å². The van der Waals surface area contributed by atoms with Crippen molar-refractivity contribution in [1.29, 1.82) is 0 Å². The van der Waals surface area contributed by atoms with Gasteiger partial charge in [-0.25, -0.2) is 0 Å². The maximum atomic E-state index is 2.25. The van der Waals surface area contributed by atoms with Crippen molar-refractivity contribution in [2.45, 2.75) is 0 Å². The van der Waals surface area contributed by atoms with Crippen LogP contribution in [0.4, 0.5) is 0 Å². The first kappa shape index (κ1) is 21.1. The van der Waals surface area contributed by atoms with Crippen LogP contribution in [0.5, 0.6) is 0 Å². The minimum absolute atomic E-state index is 1.13. The molecule has 0 heterocycles. The molecule has 0 atom stereocenters. The minimum Gasteiger partial charge on any atom is -0.0622 e. The van der Waals surface area contributed by atoms with Crippen molar-refractivity contribution >= 4 is 23.8 Å². The highest BCUT2D eigenvalue weighted by molar-refractivity contribution is 5.89. The first-order chi connectivity index (χ1) is 15.9. The third-order valence-electron chi connectivity index (χ3n) is 5.09. The fraction of sp³-hybridized carbons (Fsp3) is 0. The molecule has 0 amide bonds. The Bertz CT molecular complexity index is 1160. The lowest BCUT2D eigenvalue weighted by Crippen LogP contribution is -1.84. The minimum atomic E-state index is 1.13. The molecule has 0 saturated heterocycles. The van der Waals surface area contributed by atoms with Crippen LogP contribution < -0.4 is 0 Å². The smallest absolute Gasteiger partial charge is 0.0172 e. The van der Waals surface area contributed by atoms with E-state index >= 15 is 0 Å². The summed E-state index contributed by atoms with van der Waals surface area (Å²) in [6.45, 7) is 0. The molecule has 32 heavy (non-hydrogen) atoms. The lowest BCUT2D eigenvalue weighted by atomic mass is 9.99. The molecule has 0 N–H and O–H groups in total. The Labute approximate surface area is 191 Å². The zero-order chi connectivity index (χ0) is 21.8. The Morgan fingerprint density at radius 2 is 0.844 bits per heavy atom. The van der Waals surface area contributed by atoms with E-state index in [-0.39, 0.29) is 0 Å². The summed E-state index contributed by atoms with van der Waals surface area (Å²) in [5.41, 5.74) is 7.03. The normalized spacial score (nSPS) is 11.7. The van der Waals surface area contributed by atoms with E-state index in [1.807, 2.05) is 18.2 Å². The quantitative estimate of drug-likeness (QED) is 0.211. The van der Waals surface area contributed by atoms with Crippen molar-refractivity contribution in [3.63, 3.8) is 0 Å². The second-order valence-corrected chi connectivity index (χ2v) is 7.51. The van der Waals surface area contributed by atoms with Crippen molar-refractivity contribution < 1.29 is 0 Å². The van der Waals surface area contributed by atoms with Gasteiger partial charge in [-0.15, -0.1) is 0 Å². The second-order valence-electron chi connectivity index (χ2n) is 7.51. The van der Waals surface area contributed by atoms with Crippen LogP contribution in [0, 0.1) is 0 Å². The Hall–Kier alpha value is -4.16. The van der Waals surface area contributed by atoms with Crippen LogP contribution in [-0.2, 0) is 0 Å². The first-order valence-corrected chi connectivity index (χ1v) is 10.9. The van der Waals surface area contributed by atoms with E-state index in [0.29, 0.717) is 0 Å². The molecule has 0 radical (unpaired) electrons. The third kappa shape index (κ3) is 6.42. The van der Waals surface area contributed by atoms with Gasteiger partial charge in [-0.1, -0.05) is 146 Å². The summed E-state index contributed by atoms with van der Waals surface area (Å²) < 4.78 is 0. The molecule has 0 heteroatoms. The fourth-order valence-electron chi connectivity index (χ4n) is 3.41. The SMILES string of the molecule is C(=C(/C=C/c1ccccc1)/C=C/c1ccccc1)C(=C/c1ccccc1)/c1ccccc1. The fourth-order valence-corrected chi connectivity index (χ4v) is 3.41. The molecule has 4 aromatic rings. The summed E-state index contributed by atoms with van der Waals surface area (Å²) in [6.07, 6.45) is 13.2. The molecular formula is C32H26. The molecular weight excluding hydrogens is 384 g/mol. The topological polar surface area (TPSA) is 0 Å². The molecule has 0 aromatic heterocycles. The van der Waals surface area contributed by atoms with Gasteiger partial charge in [-0.05, 0) is 45.6 Å². The van der Waals surface area contributed by atoms with E-state index in [4.69, 9.17) is 0 Å². The highest BCUT2D eigenvalue weighted by Crippen LogP contribution is 2.23. The molecule has 0 saturated carbocycles. The number of hydrogen-bond acceptors (Lipinski definition) is 0. The molecule has 0 aliphatic heterocycles. The maximum Gasteiger partial charge on any atom is -0.0172 e. The lowest BCUT2D eigenvalue weighted by Gasteiger charge is -2.06. The highest BCUT2D eigenvalue weighted by atomic mass is 14.1. The molecule has 0 aliphatic carbocycles. The van der Waals surface area contributed by atoms with Crippen molar-refractivity contribution in [1.82, 2.24) is 0 Å². The number of hydrogen-bond donors (Lipinski definition) is 0. The summed E-state index contributed by atoms with van der Waals surface area (Å²) in [7, 11) is 0. The third-order valence-corrected chi connectivity index (χ3v) is 5.09. The van der Waals surface area contributed by atoms with Gasteiger partial charge >= 0.3 is 0 Å². The molecule has 0 unspecified atom stereocenters. The van der Waals surface area contributed by atoms with Crippen LogP contribution in [0.2, 0.25) is 0 Å². The van der Waals surface area contributed by atoms with Crippen LogP contribution >= 0.6 is 0 Å². The highest BCUT2D eigenvalue weighted by Gasteiger charge is 2.01. The number of benzene rings is 4. The van der Waals surface area contributed by atoms with E-state index in [1.54, 1.807) is 0 Å². The van der Waals surface area contributed by atoms with Crippen LogP contribution in [0.15, 0.2) is 145 Å². The van der Waals surface area contributed by atoms with E-state index in [2.05, 4.69) is 140 Å². The average molecular weight is 411 g/mol. The summed E-state index contributed by atoms with van der Waals surface area (Å²) in [6, 6.07) is 41.8.